The minimum absolute atomic E-state index is 0.404. The van der Waals surface area contributed by atoms with Gasteiger partial charge in [-0.05, 0) is 31.0 Å². The maximum absolute atomic E-state index is 8.75. The lowest BCUT2D eigenvalue weighted by atomic mass is 9.89. The third-order valence-electron chi connectivity index (χ3n) is 2.79. The summed E-state index contributed by atoms with van der Waals surface area (Å²) in [5.74, 6) is 0. The highest BCUT2D eigenvalue weighted by Gasteiger charge is 2.28. The molecule has 0 bridgehead atoms. The Morgan fingerprint density at radius 2 is 2.27 bits per heavy atom. The molecule has 1 saturated carbocycles. The predicted molar refractivity (Wildman–Crippen MR) is 58.6 cm³/mol. The van der Waals surface area contributed by atoms with Crippen molar-refractivity contribution in [2.24, 2.45) is 0 Å². The largest absolute Gasteiger partial charge is 0.382 e. The van der Waals surface area contributed by atoms with Gasteiger partial charge in [-0.1, -0.05) is 6.07 Å². The molecule has 0 aromatic heterocycles. The molecule has 0 atom stereocenters. The Morgan fingerprint density at radius 1 is 1.47 bits per heavy atom. The summed E-state index contributed by atoms with van der Waals surface area (Å²) >= 11 is 0. The van der Waals surface area contributed by atoms with E-state index in [1.165, 1.54) is 0 Å². The Labute approximate surface area is 89.7 Å². The van der Waals surface area contributed by atoms with Gasteiger partial charge in [0.05, 0.1) is 17.7 Å². The van der Waals surface area contributed by atoms with Crippen molar-refractivity contribution in [1.29, 1.82) is 5.26 Å². The highest BCUT2D eigenvalue weighted by atomic mass is 16.5. The number of anilines is 1. The first kappa shape index (κ1) is 10.0. The van der Waals surface area contributed by atoms with E-state index in [2.05, 4.69) is 11.4 Å². The third-order valence-corrected chi connectivity index (χ3v) is 2.79. The lowest BCUT2D eigenvalue weighted by molar-refractivity contribution is 0.0329. The van der Waals surface area contributed by atoms with Crippen molar-refractivity contribution in [2.75, 3.05) is 12.4 Å². The van der Waals surface area contributed by atoms with Crippen LogP contribution < -0.4 is 5.32 Å². The zero-order chi connectivity index (χ0) is 10.7. The molecule has 15 heavy (non-hydrogen) atoms. The van der Waals surface area contributed by atoms with Gasteiger partial charge < -0.3 is 10.1 Å². The fourth-order valence-electron chi connectivity index (χ4n) is 1.79. The van der Waals surface area contributed by atoms with Crippen molar-refractivity contribution >= 4 is 5.69 Å². The maximum Gasteiger partial charge on any atom is 0.0992 e. The van der Waals surface area contributed by atoms with Crippen LogP contribution in [0.4, 0.5) is 5.69 Å². The summed E-state index contributed by atoms with van der Waals surface area (Å²) in [6.07, 6.45) is 2.50. The molecule has 0 unspecified atom stereocenters. The van der Waals surface area contributed by atoms with Crippen LogP contribution in [0, 0.1) is 11.3 Å². The highest BCUT2D eigenvalue weighted by molar-refractivity contribution is 5.50. The van der Waals surface area contributed by atoms with Crippen molar-refractivity contribution in [2.45, 2.75) is 25.0 Å². The summed E-state index contributed by atoms with van der Waals surface area (Å²) in [4.78, 5) is 0. The molecule has 2 rings (SSSR count). The second-order valence-electron chi connectivity index (χ2n) is 3.86. The van der Waals surface area contributed by atoms with Gasteiger partial charge in [0.1, 0.15) is 0 Å². The molecule has 1 fully saturated rings. The van der Waals surface area contributed by atoms with Crippen LogP contribution in [0.3, 0.4) is 0 Å². The number of nitrogens with one attached hydrogen (secondary N) is 1. The fourth-order valence-corrected chi connectivity index (χ4v) is 1.79. The van der Waals surface area contributed by atoms with Gasteiger partial charge in [0.25, 0.3) is 0 Å². The van der Waals surface area contributed by atoms with Crippen LogP contribution in [0.1, 0.15) is 18.4 Å². The molecule has 0 heterocycles. The first-order valence-electron chi connectivity index (χ1n) is 5.11. The molecule has 0 spiro atoms. The SMILES string of the molecule is COC1CC(Nc2cccc(C#N)c2)C1. The molecule has 1 N–H and O–H groups in total. The zero-order valence-corrected chi connectivity index (χ0v) is 8.73. The number of hydrogen-bond acceptors (Lipinski definition) is 3. The van der Waals surface area contributed by atoms with E-state index in [0.717, 1.165) is 18.5 Å². The van der Waals surface area contributed by atoms with E-state index in [0.29, 0.717) is 17.7 Å². The van der Waals surface area contributed by atoms with E-state index in [9.17, 15) is 0 Å². The zero-order valence-electron chi connectivity index (χ0n) is 8.73. The van der Waals surface area contributed by atoms with Crippen molar-refractivity contribution in [3.8, 4) is 6.07 Å². The molecule has 3 heteroatoms. The van der Waals surface area contributed by atoms with Gasteiger partial charge in [-0.25, -0.2) is 0 Å². The summed E-state index contributed by atoms with van der Waals surface area (Å²) in [5, 5.41) is 12.1. The average molecular weight is 202 g/mol. The molecule has 0 amide bonds. The second-order valence-corrected chi connectivity index (χ2v) is 3.86. The Bertz CT molecular complexity index is 377. The molecular formula is C12H14N2O. The number of hydrogen-bond donors (Lipinski definition) is 1. The van der Waals surface area contributed by atoms with E-state index in [1.807, 2.05) is 24.3 Å². The van der Waals surface area contributed by atoms with Crippen LogP contribution in [-0.4, -0.2) is 19.3 Å². The predicted octanol–water partition coefficient (Wildman–Crippen LogP) is 2.15. The lowest BCUT2D eigenvalue weighted by Crippen LogP contribution is -2.40. The van der Waals surface area contributed by atoms with E-state index < -0.39 is 0 Å². The molecule has 1 aromatic carbocycles. The quantitative estimate of drug-likeness (QED) is 0.816. The summed E-state index contributed by atoms with van der Waals surface area (Å²) in [6.45, 7) is 0. The van der Waals surface area contributed by atoms with Crippen LogP contribution in [-0.2, 0) is 4.74 Å². The standard InChI is InChI=1S/C12H14N2O/c1-15-12-6-11(7-12)14-10-4-2-3-9(5-10)8-13/h2-5,11-12,14H,6-7H2,1H3. The second kappa shape index (κ2) is 4.33. The fraction of sp³-hybridized carbons (Fsp3) is 0.417. The van der Waals surface area contributed by atoms with Gasteiger partial charge >= 0.3 is 0 Å². The molecule has 0 aliphatic heterocycles. The van der Waals surface area contributed by atoms with Crippen LogP contribution in [0.2, 0.25) is 0 Å². The lowest BCUT2D eigenvalue weighted by Gasteiger charge is -2.35. The number of methoxy groups -OCH3 is 1. The molecule has 3 nitrogen and oxygen atoms in total. The molecular weight excluding hydrogens is 188 g/mol. The van der Waals surface area contributed by atoms with Gasteiger partial charge in [0.2, 0.25) is 0 Å². The molecule has 78 valence electrons. The summed E-state index contributed by atoms with van der Waals surface area (Å²) in [5.41, 5.74) is 1.72. The van der Waals surface area contributed by atoms with Gasteiger partial charge in [-0.3, -0.25) is 0 Å². The maximum atomic E-state index is 8.75. The van der Waals surface area contributed by atoms with Crippen LogP contribution in [0.5, 0.6) is 0 Å². The normalized spacial score (nSPS) is 24.0. The number of benzene rings is 1. The summed E-state index contributed by atoms with van der Waals surface area (Å²) < 4.78 is 5.21. The molecule has 1 aliphatic rings. The van der Waals surface area contributed by atoms with E-state index in [4.69, 9.17) is 10.00 Å². The average Bonchev–Trinajstić information content (AvgIpc) is 2.23. The molecule has 1 aliphatic carbocycles. The Balaban J connectivity index is 1.92. The van der Waals surface area contributed by atoms with E-state index in [1.54, 1.807) is 7.11 Å². The number of rotatable bonds is 3. The van der Waals surface area contributed by atoms with Crippen molar-refractivity contribution in [1.82, 2.24) is 0 Å². The Kier molecular flexibility index (Phi) is 2.89. The minimum Gasteiger partial charge on any atom is -0.382 e. The summed E-state index contributed by atoms with van der Waals surface area (Å²) in [7, 11) is 1.75. The molecule has 1 aromatic rings. The van der Waals surface area contributed by atoms with Crippen LogP contribution >= 0.6 is 0 Å². The Hall–Kier alpha value is -1.53. The smallest absolute Gasteiger partial charge is 0.0992 e. The molecule has 0 saturated heterocycles. The Morgan fingerprint density at radius 3 is 2.93 bits per heavy atom. The highest BCUT2D eigenvalue weighted by Crippen LogP contribution is 2.26. The van der Waals surface area contributed by atoms with Gasteiger partial charge in [-0.15, -0.1) is 0 Å². The monoisotopic (exact) mass is 202 g/mol. The van der Waals surface area contributed by atoms with Crippen molar-refractivity contribution < 1.29 is 4.74 Å². The van der Waals surface area contributed by atoms with E-state index in [-0.39, 0.29) is 0 Å². The third kappa shape index (κ3) is 2.28. The number of nitrogens with zero attached hydrogens (tertiary/aromatic N) is 1. The number of ether oxygens (including phenoxy) is 1. The topological polar surface area (TPSA) is 45.0 Å². The first-order chi connectivity index (χ1) is 7.31. The van der Waals surface area contributed by atoms with Crippen LogP contribution in [0.25, 0.3) is 0 Å². The van der Waals surface area contributed by atoms with Crippen molar-refractivity contribution in [3.63, 3.8) is 0 Å². The summed E-state index contributed by atoms with van der Waals surface area (Å²) in [6, 6.07) is 10.2. The minimum atomic E-state index is 0.404. The first-order valence-corrected chi connectivity index (χ1v) is 5.11. The molecule has 0 radical (unpaired) electrons. The van der Waals surface area contributed by atoms with Crippen molar-refractivity contribution in [3.05, 3.63) is 29.8 Å². The van der Waals surface area contributed by atoms with E-state index >= 15 is 0 Å². The van der Waals surface area contributed by atoms with Gasteiger partial charge in [0.15, 0.2) is 0 Å². The van der Waals surface area contributed by atoms with Gasteiger partial charge in [-0.2, -0.15) is 5.26 Å². The van der Waals surface area contributed by atoms with Gasteiger partial charge in [0, 0.05) is 18.8 Å². The number of nitriles is 1. The van der Waals surface area contributed by atoms with Crippen LogP contribution in [0.15, 0.2) is 24.3 Å².